The standard InChI is InChI=1S/C29H36N2O/c1-3-5-20-31(21-6-4-2)29(32)30-28-19-13-18-26(22-24-14-9-7-10-15-24)27(28)23-25-16-11-8-12-17-25/h7-19H,3-6,20-23H2,1-2H3,(H,30,32). The van der Waals surface area contributed by atoms with E-state index >= 15 is 0 Å². The van der Waals surface area contributed by atoms with E-state index < -0.39 is 0 Å². The minimum atomic E-state index is 0.0121. The molecular formula is C29H36N2O. The van der Waals surface area contributed by atoms with Crippen LogP contribution < -0.4 is 5.32 Å². The van der Waals surface area contributed by atoms with Crippen molar-refractivity contribution in [3.05, 3.63) is 101 Å². The van der Waals surface area contributed by atoms with Crippen LogP contribution in [-0.2, 0) is 12.8 Å². The fourth-order valence-corrected chi connectivity index (χ4v) is 3.95. The summed E-state index contributed by atoms with van der Waals surface area (Å²) in [6.07, 6.45) is 5.87. The highest BCUT2D eigenvalue weighted by atomic mass is 16.2. The molecule has 0 aliphatic carbocycles. The first-order valence-corrected chi connectivity index (χ1v) is 12.0. The molecule has 3 nitrogen and oxygen atoms in total. The van der Waals surface area contributed by atoms with Crippen molar-refractivity contribution in [2.45, 2.75) is 52.4 Å². The van der Waals surface area contributed by atoms with Gasteiger partial charge in [-0.1, -0.05) is 99.5 Å². The Hall–Kier alpha value is -3.07. The van der Waals surface area contributed by atoms with Crippen LogP contribution in [0, 0.1) is 0 Å². The Labute approximate surface area is 193 Å². The lowest BCUT2D eigenvalue weighted by Gasteiger charge is -2.24. The Balaban J connectivity index is 1.89. The van der Waals surface area contributed by atoms with Gasteiger partial charge in [-0.3, -0.25) is 0 Å². The van der Waals surface area contributed by atoms with Gasteiger partial charge in [-0.2, -0.15) is 0 Å². The van der Waals surface area contributed by atoms with E-state index in [2.05, 4.69) is 79.8 Å². The smallest absolute Gasteiger partial charge is 0.321 e. The lowest BCUT2D eigenvalue weighted by molar-refractivity contribution is 0.210. The summed E-state index contributed by atoms with van der Waals surface area (Å²) >= 11 is 0. The average Bonchev–Trinajstić information content (AvgIpc) is 2.82. The van der Waals surface area contributed by atoms with Gasteiger partial charge in [0, 0.05) is 18.8 Å². The molecular weight excluding hydrogens is 392 g/mol. The number of anilines is 1. The molecule has 3 aromatic rings. The summed E-state index contributed by atoms with van der Waals surface area (Å²) in [5.74, 6) is 0. The second-order valence-electron chi connectivity index (χ2n) is 8.39. The number of nitrogens with one attached hydrogen (secondary N) is 1. The largest absolute Gasteiger partial charge is 0.325 e. The third kappa shape index (κ3) is 6.98. The minimum absolute atomic E-state index is 0.0121. The van der Waals surface area contributed by atoms with Crippen LogP contribution in [0.1, 0.15) is 61.8 Å². The molecule has 0 heterocycles. The number of hydrogen-bond donors (Lipinski definition) is 1. The zero-order valence-electron chi connectivity index (χ0n) is 19.5. The van der Waals surface area contributed by atoms with Gasteiger partial charge < -0.3 is 10.2 Å². The molecule has 0 spiro atoms. The summed E-state index contributed by atoms with van der Waals surface area (Å²) in [7, 11) is 0. The third-order valence-corrected chi connectivity index (χ3v) is 5.83. The summed E-state index contributed by atoms with van der Waals surface area (Å²) in [6, 6.07) is 27.3. The lowest BCUT2D eigenvalue weighted by atomic mass is 9.93. The van der Waals surface area contributed by atoms with E-state index in [4.69, 9.17) is 0 Å². The molecule has 32 heavy (non-hydrogen) atoms. The summed E-state index contributed by atoms with van der Waals surface area (Å²) < 4.78 is 0. The van der Waals surface area contributed by atoms with E-state index in [1.165, 1.54) is 22.3 Å². The van der Waals surface area contributed by atoms with Crippen LogP contribution in [-0.4, -0.2) is 24.0 Å². The maximum atomic E-state index is 13.2. The van der Waals surface area contributed by atoms with Crippen molar-refractivity contribution in [1.29, 1.82) is 0 Å². The Morgan fingerprint density at radius 2 is 1.28 bits per heavy atom. The van der Waals surface area contributed by atoms with Crippen molar-refractivity contribution >= 4 is 11.7 Å². The molecule has 0 aromatic heterocycles. The summed E-state index contributed by atoms with van der Waals surface area (Å²) in [5, 5.41) is 3.26. The molecule has 3 rings (SSSR count). The highest BCUT2D eigenvalue weighted by Gasteiger charge is 2.16. The first kappa shape index (κ1) is 23.6. The van der Waals surface area contributed by atoms with Gasteiger partial charge in [0.15, 0.2) is 0 Å². The van der Waals surface area contributed by atoms with Gasteiger partial charge in [0.05, 0.1) is 0 Å². The van der Waals surface area contributed by atoms with Gasteiger partial charge in [0.25, 0.3) is 0 Å². The molecule has 0 saturated heterocycles. The average molecular weight is 429 g/mol. The summed E-state index contributed by atoms with van der Waals surface area (Å²) in [4.78, 5) is 15.2. The number of amides is 2. The topological polar surface area (TPSA) is 32.3 Å². The number of nitrogens with zero attached hydrogens (tertiary/aromatic N) is 1. The first-order chi connectivity index (χ1) is 15.7. The Morgan fingerprint density at radius 1 is 0.719 bits per heavy atom. The van der Waals surface area contributed by atoms with Crippen molar-refractivity contribution in [2.24, 2.45) is 0 Å². The van der Waals surface area contributed by atoms with E-state index in [1.54, 1.807) is 0 Å². The first-order valence-electron chi connectivity index (χ1n) is 12.0. The predicted molar refractivity (Wildman–Crippen MR) is 135 cm³/mol. The molecule has 0 fully saturated rings. The second kappa shape index (κ2) is 12.7. The molecule has 0 bridgehead atoms. The Bertz CT molecular complexity index is 945. The molecule has 0 aliphatic rings. The van der Waals surface area contributed by atoms with E-state index in [0.29, 0.717) is 0 Å². The van der Waals surface area contributed by atoms with E-state index in [1.807, 2.05) is 23.1 Å². The van der Waals surface area contributed by atoms with E-state index in [9.17, 15) is 4.79 Å². The monoisotopic (exact) mass is 428 g/mol. The second-order valence-corrected chi connectivity index (χ2v) is 8.39. The quantitative estimate of drug-likeness (QED) is 0.341. The van der Waals surface area contributed by atoms with Gasteiger partial charge in [-0.05, 0) is 54.0 Å². The number of unbranched alkanes of at least 4 members (excludes halogenated alkanes) is 2. The van der Waals surface area contributed by atoms with Crippen LogP contribution in [0.5, 0.6) is 0 Å². The van der Waals surface area contributed by atoms with Gasteiger partial charge in [-0.25, -0.2) is 4.79 Å². The number of benzene rings is 3. The van der Waals surface area contributed by atoms with Crippen LogP contribution >= 0.6 is 0 Å². The van der Waals surface area contributed by atoms with Crippen LogP contribution in [0.25, 0.3) is 0 Å². The maximum Gasteiger partial charge on any atom is 0.321 e. The van der Waals surface area contributed by atoms with Gasteiger partial charge in [0.2, 0.25) is 0 Å². The normalized spacial score (nSPS) is 10.7. The molecule has 168 valence electrons. The van der Waals surface area contributed by atoms with Crippen molar-refractivity contribution < 1.29 is 4.79 Å². The number of hydrogen-bond acceptors (Lipinski definition) is 1. The maximum absolute atomic E-state index is 13.2. The number of carbonyl (C=O) groups excluding carboxylic acids is 1. The molecule has 0 atom stereocenters. The molecule has 3 aromatic carbocycles. The SMILES string of the molecule is CCCCN(CCCC)C(=O)Nc1cccc(Cc2ccccc2)c1Cc1ccccc1. The molecule has 2 amide bonds. The molecule has 3 heteroatoms. The number of rotatable bonds is 11. The lowest BCUT2D eigenvalue weighted by Crippen LogP contribution is -2.36. The van der Waals surface area contributed by atoms with Crippen LogP contribution in [0.15, 0.2) is 78.9 Å². The summed E-state index contributed by atoms with van der Waals surface area (Å²) in [6.45, 7) is 5.95. The molecule has 0 saturated carbocycles. The Kier molecular flexibility index (Phi) is 9.37. The Morgan fingerprint density at radius 3 is 1.84 bits per heavy atom. The van der Waals surface area contributed by atoms with Crippen molar-refractivity contribution in [2.75, 3.05) is 18.4 Å². The fourth-order valence-electron chi connectivity index (χ4n) is 3.95. The molecule has 0 aliphatic heterocycles. The van der Waals surface area contributed by atoms with Crippen molar-refractivity contribution in [1.82, 2.24) is 4.90 Å². The van der Waals surface area contributed by atoms with Crippen LogP contribution in [0.4, 0.5) is 10.5 Å². The molecule has 1 N–H and O–H groups in total. The van der Waals surface area contributed by atoms with Crippen molar-refractivity contribution in [3.63, 3.8) is 0 Å². The zero-order chi connectivity index (χ0) is 22.6. The van der Waals surface area contributed by atoms with E-state index in [-0.39, 0.29) is 6.03 Å². The van der Waals surface area contributed by atoms with E-state index in [0.717, 1.165) is 57.3 Å². The zero-order valence-corrected chi connectivity index (χ0v) is 19.5. The fraction of sp³-hybridized carbons (Fsp3) is 0.345. The third-order valence-electron chi connectivity index (χ3n) is 5.83. The predicted octanol–water partition coefficient (Wildman–Crippen LogP) is 7.30. The molecule has 0 radical (unpaired) electrons. The minimum Gasteiger partial charge on any atom is -0.325 e. The highest BCUT2D eigenvalue weighted by Crippen LogP contribution is 2.26. The number of carbonyl (C=O) groups is 1. The molecule has 0 unspecified atom stereocenters. The van der Waals surface area contributed by atoms with Gasteiger partial charge in [0.1, 0.15) is 0 Å². The van der Waals surface area contributed by atoms with Crippen LogP contribution in [0.2, 0.25) is 0 Å². The summed E-state index contributed by atoms with van der Waals surface area (Å²) in [5.41, 5.74) is 5.90. The van der Waals surface area contributed by atoms with Crippen LogP contribution in [0.3, 0.4) is 0 Å². The van der Waals surface area contributed by atoms with Gasteiger partial charge >= 0.3 is 6.03 Å². The highest BCUT2D eigenvalue weighted by molar-refractivity contribution is 5.90. The van der Waals surface area contributed by atoms with Gasteiger partial charge in [-0.15, -0.1) is 0 Å². The van der Waals surface area contributed by atoms with Crippen molar-refractivity contribution in [3.8, 4) is 0 Å². The number of urea groups is 1.